The molecular formula is C21H28N4O9S2. The van der Waals surface area contributed by atoms with E-state index in [1.807, 2.05) is 35.9 Å². The van der Waals surface area contributed by atoms with Crippen LogP contribution in [0.5, 0.6) is 5.75 Å². The SMILES string of the molecule is COc1ccc2c(c1)c1c3c(ccc1n2C)C(=O)N(C(CN)CN)C3=O.CS(=O)(=O)O.CS(=O)(=O)O. The van der Waals surface area contributed by atoms with Crippen LogP contribution in [0.25, 0.3) is 21.8 Å². The van der Waals surface area contributed by atoms with E-state index < -0.39 is 26.3 Å². The van der Waals surface area contributed by atoms with Gasteiger partial charge in [-0.25, -0.2) is 0 Å². The lowest BCUT2D eigenvalue weighted by molar-refractivity contribution is 0.0595. The highest BCUT2D eigenvalue weighted by atomic mass is 32.2. The second kappa shape index (κ2) is 10.9. The standard InChI is InChI=1S/C19H20N4O3.2CH4O3S/c1-22-14-5-3-11(26-2)7-13(14)16-15(22)6-4-12-17(16)19(25)23(18(12)24)10(8-20)9-21;2*1-5(2,3)4/h3-7,10H,8-9,20-21H2,1-2H3;2*1H3,(H,2,3,4). The summed E-state index contributed by atoms with van der Waals surface area (Å²) in [6.45, 7) is 0.267. The number of benzene rings is 2. The lowest BCUT2D eigenvalue weighted by Gasteiger charge is -2.23. The molecule has 1 aliphatic rings. The number of methoxy groups -OCH3 is 1. The second-order valence-corrected chi connectivity index (χ2v) is 10.8. The fourth-order valence-corrected chi connectivity index (χ4v) is 3.79. The number of aryl methyl sites for hydroxylation is 1. The minimum Gasteiger partial charge on any atom is -0.497 e. The second-order valence-electron chi connectivity index (χ2n) is 7.90. The zero-order chi connectivity index (χ0) is 27.6. The van der Waals surface area contributed by atoms with Crippen LogP contribution in [0.3, 0.4) is 0 Å². The predicted octanol–water partition coefficient (Wildman–Crippen LogP) is 0.230. The maximum Gasteiger partial charge on any atom is 0.262 e. The molecule has 0 bridgehead atoms. The number of aromatic nitrogens is 1. The highest BCUT2D eigenvalue weighted by Crippen LogP contribution is 2.38. The molecule has 0 aliphatic carbocycles. The van der Waals surface area contributed by atoms with Crippen molar-refractivity contribution in [2.45, 2.75) is 6.04 Å². The van der Waals surface area contributed by atoms with Crippen LogP contribution >= 0.6 is 0 Å². The van der Waals surface area contributed by atoms with Gasteiger partial charge in [0.25, 0.3) is 32.1 Å². The number of carbonyl (C=O) groups is 2. The molecule has 1 aliphatic heterocycles. The van der Waals surface area contributed by atoms with E-state index in [9.17, 15) is 26.4 Å². The summed E-state index contributed by atoms with van der Waals surface area (Å²) in [6, 6.07) is 8.78. The Hall–Kier alpha value is -3.08. The van der Waals surface area contributed by atoms with Crippen LogP contribution in [0.1, 0.15) is 20.7 Å². The third-order valence-corrected chi connectivity index (χ3v) is 5.17. The molecule has 0 fully saturated rings. The van der Waals surface area contributed by atoms with Gasteiger partial charge >= 0.3 is 0 Å². The van der Waals surface area contributed by atoms with E-state index in [1.54, 1.807) is 13.2 Å². The van der Waals surface area contributed by atoms with Gasteiger partial charge in [-0.15, -0.1) is 0 Å². The van der Waals surface area contributed by atoms with Crippen LogP contribution in [-0.2, 0) is 27.3 Å². The molecule has 3 aromatic rings. The zero-order valence-corrected chi connectivity index (χ0v) is 21.6. The van der Waals surface area contributed by atoms with E-state index in [0.29, 0.717) is 29.4 Å². The number of hydrogen-bond donors (Lipinski definition) is 4. The van der Waals surface area contributed by atoms with Gasteiger partial charge in [-0.3, -0.25) is 23.6 Å². The topological polar surface area (TPSA) is 212 Å². The highest BCUT2D eigenvalue weighted by molar-refractivity contribution is 7.85. The minimum absolute atomic E-state index is 0.133. The Kier molecular flexibility index (Phi) is 8.82. The van der Waals surface area contributed by atoms with E-state index in [2.05, 4.69) is 0 Å². The molecule has 36 heavy (non-hydrogen) atoms. The van der Waals surface area contributed by atoms with Gasteiger partial charge in [0.05, 0.1) is 36.8 Å². The van der Waals surface area contributed by atoms with Gasteiger partial charge in [-0.2, -0.15) is 16.8 Å². The molecule has 1 aromatic heterocycles. The summed E-state index contributed by atoms with van der Waals surface area (Å²) in [4.78, 5) is 27.2. The van der Waals surface area contributed by atoms with Gasteiger partial charge in [0.15, 0.2) is 0 Å². The molecule has 0 atom stereocenters. The third kappa shape index (κ3) is 6.57. The van der Waals surface area contributed by atoms with Crippen molar-refractivity contribution in [1.29, 1.82) is 0 Å². The molecule has 6 N–H and O–H groups in total. The maximum absolute atomic E-state index is 13.1. The van der Waals surface area contributed by atoms with E-state index in [-0.39, 0.29) is 24.9 Å². The van der Waals surface area contributed by atoms with Gasteiger partial charge in [-0.1, -0.05) is 0 Å². The Morgan fingerprint density at radius 3 is 1.89 bits per heavy atom. The fraction of sp³-hybridized carbons (Fsp3) is 0.333. The molecule has 13 nitrogen and oxygen atoms in total. The summed E-state index contributed by atoms with van der Waals surface area (Å²) in [5.74, 6) is 0.0116. The molecule has 2 heterocycles. The monoisotopic (exact) mass is 544 g/mol. The summed E-state index contributed by atoms with van der Waals surface area (Å²) < 4.78 is 59.1. The van der Waals surface area contributed by atoms with Gasteiger partial charge in [0.2, 0.25) is 0 Å². The first kappa shape index (κ1) is 29.2. The average Bonchev–Trinajstić information content (AvgIpc) is 3.18. The van der Waals surface area contributed by atoms with E-state index in [4.69, 9.17) is 25.3 Å². The molecule has 0 unspecified atom stereocenters. The van der Waals surface area contributed by atoms with Crippen LogP contribution in [0, 0.1) is 0 Å². The summed E-state index contributed by atoms with van der Waals surface area (Å²) in [5.41, 5.74) is 14.1. The Labute approximate surface area is 208 Å². The van der Waals surface area contributed by atoms with Crippen LogP contribution in [0.4, 0.5) is 0 Å². The smallest absolute Gasteiger partial charge is 0.262 e. The normalized spacial score (nSPS) is 13.4. The average molecular weight is 545 g/mol. The Morgan fingerprint density at radius 2 is 1.42 bits per heavy atom. The number of carbonyl (C=O) groups excluding carboxylic acids is 2. The first-order valence-electron chi connectivity index (χ1n) is 10.3. The van der Waals surface area contributed by atoms with Crippen molar-refractivity contribution in [3.63, 3.8) is 0 Å². The molecular weight excluding hydrogens is 516 g/mol. The number of nitrogens with zero attached hydrogens (tertiary/aromatic N) is 2. The molecule has 15 heteroatoms. The number of ether oxygens (including phenoxy) is 1. The van der Waals surface area contributed by atoms with Crippen LogP contribution in [0.15, 0.2) is 30.3 Å². The van der Waals surface area contributed by atoms with Crippen molar-refractivity contribution in [2.24, 2.45) is 18.5 Å². The van der Waals surface area contributed by atoms with Crippen LogP contribution < -0.4 is 16.2 Å². The van der Waals surface area contributed by atoms with Gasteiger partial charge < -0.3 is 20.8 Å². The summed E-state index contributed by atoms with van der Waals surface area (Å²) in [7, 11) is -3.80. The highest BCUT2D eigenvalue weighted by Gasteiger charge is 2.41. The minimum atomic E-state index is -3.67. The van der Waals surface area contributed by atoms with Crippen LogP contribution in [-0.4, -0.2) is 86.0 Å². The molecule has 4 rings (SSSR count). The summed E-state index contributed by atoms with van der Waals surface area (Å²) in [6.07, 6.45) is 1.43. The van der Waals surface area contributed by atoms with Crippen molar-refractivity contribution in [1.82, 2.24) is 9.47 Å². The van der Waals surface area contributed by atoms with Crippen LogP contribution in [0.2, 0.25) is 0 Å². The van der Waals surface area contributed by atoms with Crippen molar-refractivity contribution >= 4 is 53.9 Å². The Balaban J connectivity index is 0.000000389. The van der Waals surface area contributed by atoms with Crippen molar-refractivity contribution in [3.05, 3.63) is 41.5 Å². The lowest BCUT2D eigenvalue weighted by atomic mass is 10.0. The number of fused-ring (bicyclic) bond motifs is 5. The van der Waals surface area contributed by atoms with Gasteiger partial charge in [0, 0.05) is 41.9 Å². The zero-order valence-electron chi connectivity index (χ0n) is 20.0. The van der Waals surface area contributed by atoms with Crippen molar-refractivity contribution in [2.75, 3.05) is 32.7 Å². The number of imide groups is 1. The molecule has 198 valence electrons. The van der Waals surface area contributed by atoms with E-state index in [1.165, 1.54) is 4.90 Å². The lowest BCUT2D eigenvalue weighted by Crippen LogP contribution is -2.48. The largest absolute Gasteiger partial charge is 0.497 e. The Bertz CT molecular complexity index is 1480. The molecule has 2 amide bonds. The Morgan fingerprint density at radius 1 is 0.917 bits per heavy atom. The first-order valence-corrected chi connectivity index (χ1v) is 13.9. The number of hydrogen-bond acceptors (Lipinski definition) is 9. The first-order chi connectivity index (χ1) is 16.5. The van der Waals surface area contributed by atoms with Crippen molar-refractivity contribution < 1.29 is 40.3 Å². The van der Waals surface area contributed by atoms with Gasteiger partial charge in [-0.05, 0) is 30.3 Å². The van der Waals surface area contributed by atoms with Gasteiger partial charge in [0.1, 0.15) is 5.75 Å². The third-order valence-electron chi connectivity index (χ3n) is 5.17. The van der Waals surface area contributed by atoms with E-state index in [0.717, 1.165) is 21.8 Å². The molecule has 0 saturated heterocycles. The van der Waals surface area contributed by atoms with Crippen molar-refractivity contribution in [3.8, 4) is 5.75 Å². The molecule has 0 spiro atoms. The maximum atomic E-state index is 13.1. The fourth-order valence-electron chi connectivity index (χ4n) is 3.79. The number of rotatable bonds is 4. The van der Waals surface area contributed by atoms with E-state index >= 15 is 0 Å². The summed E-state index contributed by atoms with van der Waals surface area (Å²) >= 11 is 0. The molecule has 2 aromatic carbocycles. The number of nitrogens with two attached hydrogens (primary N) is 2. The predicted molar refractivity (Wildman–Crippen MR) is 134 cm³/mol. The summed E-state index contributed by atoms with van der Waals surface area (Å²) in [5, 5.41) is 1.63. The molecule has 0 radical (unpaired) electrons. The molecule has 0 saturated carbocycles. The quantitative estimate of drug-likeness (QED) is 0.258. The number of amides is 2.